The molecule has 0 N–H and O–H groups in total. The van der Waals surface area contributed by atoms with Gasteiger partial charge in [-0.15, -0.1) is 0 Å². The Morgan fingerprint density at radius 2 is 1.72 bits per heavy atom. The summed E-state index contributed by atoms with van der Waals surface area (Å²) < 4.78 is 21.0. The van der Waals surface area contributed by atoms with Gasteiger partial charge in [-0.1, -0.05) is 6.07 Å². The highest BCUT2D eigenvalue weighted by atomic mass is 16.5. The summed E-state index contributed by atoms with van der Waals surface area (Å²) in [6, 6.07) is 10.4. The van der Waals surface area contributed by atoms with E-state index in [4.69, 9.17) is 18.6 Å². The number of carbonyl (C=O) groups excluding carboxylic acids is 1. The largest absolute Gasteiger partial charge is 0.493 e. The van der Waals surface area contributed by atoms with Gasteiger partial charge >= 0.3 is 11.6 Å². The van der Waals surface area contributed by atoms with Gasteiger partial charge in [-0.05, 0) is 60.9 Å². The third-order valence-corrected chi connectivity index (χ3v) is 4.63. The number of benzene rings is 2. The van der Waals surface area contributed by atoms with Crippen LogP contribution < -0.4 is 15.1 Å². The Kier molecular flexibility index (Phi) is 6.02. The van der Waals surface area contributed by atoms with E-state index < -0.39 is 11.6 Å². The van der Waals surface area contributed by atoms with Crippen molar-refractivity contribution in [1.29, 1.82) is 0 Å². The summed E-state index contributed by atoms with van der Waals surface area (Å²) in [6.07, 6.45) is 2.94. The minimum absolute atomic E-state index is 0.0281. The number of fused-ring (bicyclic) bond motifs is 1. The van der Waals surface area contributed by atoms with E-state index >= 15 is 0 Å². The van der Waals surface area contributed by atoms with E-state index in [0.717, 1.165) is 22.1 Å². The highest BCUT2D eigenvalue weighted by Crippen LogP contribution is 2.28. The molecule has 150 valence electrons. The van der Waals surface area contributed by atoms with Gasteiger partial charge < -0.3 is 18.6 Å². The molecule has 0 bridgehead atoms. The number of esters is 1. The van der Waals surface area contributed by atoms with Crippen molar-refractivity contribution in [2.24, 2.45) is 0 Å². The quantitative estimate of drug-likeness (QED) is 0.355. The summed E-state index contributed by atoms with van der Waals surface area (Å²) in [7, 11) is 3.10. The lowest BCUT2D eigenvalue weighted by molar-refractivity contribution is -0.138. The van der Waals surface area contributed by atoms with Crippen LogP contribution >= 0.6 is 0 Å². The molecule has 0 radical (unpaired) electrons. The van der Waals surface area contributed by atoms with Crippen molar-refractivity contribution in [2.45, 2.75) is 20.5 Å². The Morgan fingerprint density at radius 3 is 2.45 bits per heavy atom. The Balaban J connectivity index is 1.75. The van der Waals surface area contributed by atoms with Gasteiger partial charge in [0.1, 0.15) is 12.2 Å². The average Bonchev–Trinajstić information content (AvgIpc) is 2.71. The van der Waals surface area contributed by atoms with Gasteiger partial charge in [-0.25, -0.2) is 9.59 Å². The molecule has 0 aliphatic rings. The number of methoxy groups -OCH3 is 2. The molecular weight excluding hydrogens is 372 g/mol. The van der Waals surface area contributed by atoms with Crippen molar-refractivity contribution in [1.82, 2.24) is 0 Å². The first-order chi connectivity index (χ1) is 13.9. The Bertz CT molecular complexity index is 1140. The maximum Gasteiger partial charge on any atom is 0.336 e. The second kappa shape index (κ2) is 8.65. The van der Waals surface area contributed by atoms with E-state index in [0.29, 0.717) is 22.6 Å². The zero-order chi connectivity index (χ0) is 21.0. The molecule has 0 amide bonds. The highest BCUT2D eigenvalue weighted by molar-refractivity contribution is 5.87. The van der Waals surface area contributed by atoms with E-state index in [9.17, 15) is 9.59 Å². The van der Waals surface area contributed by atoms with Gasteiger partial charge in [-0.3, -0.25) is 0 Å². The molecule has 0 spiro atoms. The first-order valence-electron chi connectivity index (χ1n) is 9.02. The maximum absolute atomic E-state index is 12.1. The molecule has 1 heterocycles. The standard InChI is InChI=1S/C23H22O6/c1-14-9-18-17(12-23(25)29-20(18)10-15(14)2)13-28-22(24)8-6-16-5-7-19(26-3)21(11-16)27-4/h5-12H,13H2,1-4H3/b8-6+. The van der Waals surface area contributed by atoms with Crippen LogP contribution in [0.4, 0.5) is 0 Å². The normalized spacial score (nSPS) is 11.0. The topological polar surface area (TPSA) is 75.0 Å². The van der Waals surface area contributed by atoms with Crippen molar-refractivity contribution in [3.05, 3.63) is 75.1 Å². The summed E-state index contributed by atoms with van der Waals surface area (Å²) in [6.45, 7) is 3.89. The lowest BCUT2D eigenvalue weighted by Crippen LogP contribution is -2.06. The van der Waals surface area contributed by atoms with E-state index in [-0.39, 0.29) is 6.61 Å². The third-order valence-electron chi connectivity index (χ3n) is 4.63. The molecule has 0 saturated carbocycles. The molecule has 0 aliphatic carbocycles. The van der Waals surface area contributed by atoms with Gasteiger partial charge in [-0.2, -0.15) is 0 Å². The van der Waals surface area contributed by atoms with E-state index in [2.05, 4.69) is 0 Å². The van der Waals surface area contributed by atoms with Crippen molar-refractivity contribution in [2.75, 3.05) is 14.2 Å². The number of carbonyl (C=O) groups is 1. The second-order valence-corrected chi connectivity index (χ2v) is 6.58. The molecular formula is C23H22O6. The third kappa shape index (κ3) is 4.66. The number of hydrogen-bond donors (Lipinski definition) is 0. The number of hydrogen-bond acceptors (Lipinski definition) is 6. The van der Waals surface area contributed by atoms with Crippen LogP contribution in [0.1, 0.15) is 22.3 Å². The molecule has 0 atom stereocenters. The molecule has 0 saturated heterocycles. The fraction of sp³-hybridized carbons (Fsp3) is 0.217. The molecule has 6 heteroatoms. The number of aryl methyl sites for hydroxylation is 2. The van der Waals surface area contributed by atoms with E-state index in [1.54, 1.807) is 38.5 Å². The summed E-state index contributed by atoms with van der Waals surface area (Å²) in [5.41, 5.74) is 3.45. The Labute approximate surface area is 168 Å². The summed E-state index contributed by atoms with van der Waals surface area (Å²) >= 11 is 0. The monoisotopic (exact) mass is 394 g/mol. The summed E-state index contributed by atoms with van der Waals surface area (Å²) in [4.78, 5) is 24.0. The van der Waals surface area contributed by atoms with Crippen LogP contribution in [0.25, 0.3) is 17.0 Å². The molecule has 29 heavy (non-hydrogen) atoms. The van der Waals surface area contributed by atoms with Crippen LogP contribution in [-0.2, 0) is 16.1 Å². The van der Waals surface area contributed by atoms with Crippen LogP contribution in [-0.4, -0.2) is 20.2 Å². The first-order valence-corrected chi connectivity index (χ1v) is 9.02. The molecule has 0 unspecified atom stereocenters. The number of rotatable bonds is 6. The zero-order valence-electron chi connectivity index (χ0n) is 16.8. The summed E-state index contributed by atoms with van der Waals surface area (Å²) in [5.74, 6) is 0.647. The fourth-order valence-corrected chi connectivity index (χ4v) is 2.92. The van der Waals surface area contributed by atoms with Gasteiger partial charge in [0.15, 0.2) is 11.5 Å². The van der Waals surface area contributed by atoms with Gasteiger partial charge in [0, 0.05) is 23.1 Å². The van der Waals surface area contributed by atoms with Gasteiger partial charge in [0.25, 0.3) is 0 Å². The minimum Gasteiger partial charge on any atom is -0.493 e. The van der Waals surface area contributed by atoms with Crippen molar-refractivity contribution in [3.63, 3.8) is 0 Å². The van der Waals surface area contributed by atoms with E-state index in [1.807, 2.05) is 26.0 Å². The van der Waals surface area contributed by atoms with Gasteiger partial charge in [0.05, 0.1) is 14.2 Å². The minimum atomic E-state index is -0.523. The van der Waals surface area contributed by atoms with E-state index in [1.165, 1.54) is 12.1 Å². The fourth-order valence-electron chi connectivity index (χ4n) is 2.92. The average molecular weight is 394 g/mol. The lowest BCUT2D eigenvalue weighted by Gasteiger charge is -2.08. The zero-order valence-corrected chi connectivity index (χ0v) is 16.8. The molecule has 1 aromatic heterocycles. The van der Waals surface area contributed by atoms with Gasteiger partial charge in [0.2, 0.25) is 0 Å². The Morgan fingerprint density at radius 1 is 1.00 bits per heavy atom. The first kappa shape index (κ1) is 20.2. The SMILES string of the molecule is COc1ccc(/C=C/C(=O)OCc2cc(=O)oc3cc(C)c(C)cc23)cc1OC. The smallest absolute Gasteiger partial charge is 0.336 e. The molecule has 0 fully saturated rings. The molecule has 3 rings (SSSR count). The highest BCUT2D eigenvalue weighted by Gasteiger charge is 2.10. The molecule has 3 aromatic rings. The van der Waals surface area contributed by atoms with Crippen LogP contribution in [0.15, 0.2) is 51.7 Å². The van der Waals surface area contributed by atoms with Crippen LogP contribution in [0, 0.1) is 13.8 Å². The Hall–Kier alpha value is -3.54. The van der Waals surface area contributed by atoms with Crippen LogP contribution in [0.2, 0.25) is 0 Å². The van der Waals surface area contributed by atoms with Crippen molar-refractivity contribution < 1.29 is 23.4 Å². The van der Waals surface area contributed by atoms with Crippen LogP contribution in [0.3, 0.4) is 0 Å². The van der Waals surface area contributed by atoms with Crippen molar-refractivity contribution >= 4 is 23.0 Å². The summed E-state index contributed by atoms with van der Waals surface area (Å²) in [5, 5.41) is 0.754. The number of ether oxygens (including phenoxy) is 3. The molecule has 2 aromatic carbocycles. The second-order valence-electron chi connectivity index (χ2n) is 6.58. The molecule has 6 nitrogen and oxygen atoms in total. The van der Waals surface area contributed by atoms with Crippen molar-refractivity contribution in [3.8, 4) is 11.5 Å². The lowest BCUT2D eigenvalue weighted by atomic mass is 10.0. The molecule has 0 aliphatic heterocycles. The maximum atomic E-state index is 12.1. The predicted molar refractivity (Wildman–Crippen MR) is 110 cm³/mol. The predicted octanol–water partition coefficient (Wildman–Crippen LogP) is 4.18. The van der Waals surface area contributed by atoms with Crippen LogP contribution in [0.5, 0.6) is 11.5 Å².